The number of thioether (sulfide) groups is 1. The molecule has 0 fully saturated rings. The normalized spacial score (nSPS) is 12.5. The zero-order valence-corrected chi connectivity index (χ0v) is 13.4. The number of hydrogen-bond donors (Lipinski definition) is 1. The minimum Gasteiger partial charge on any atom is -0.373 e. The van der Waals surface area contributed by atoms with Gasteiger partial charge in [0.05, 0.1) is 5.69 Å². The van der Waals surface area contributed by atoms with Crippen LogP contribution in [0, 0.1) is 0 Å². The third kappa shape index (κ3) is 4.19. The molecular weight excluding hydrogens is 296 g/mol. The van der Waals surface area contributed by atoms with Gasteiger partial charge in [0, 0.05) is 29.9 Å². The molecule has 0 saturated heterocycles. The van der Waals surface area contributed by atoms with Crippen LogP contribution in [-0.2, 0) is 0 Å². The number of hydrogen-bond acceptors (Lipinski definition) is 3. The van der Waals surface area contributed by atoms with Gasteiger partial charge in [-0.3, -0.25) is 0 Å². The van der Waals surface area contributed by atoms with Crippen LogP contribution in [0.2, 0.25) is 0 Å². The Labute approximate surface area is 117 Å². The lowest BCUT2D eigenvalue weighted by Crippen LogP contribution is -2.21. The second-order valence-corrected chi connectivity index (χ2v) is 5.98. The molecule has 0 radical (unpaired) electrons. The van der Waals surface area contributed by atoms with E-state index in [9.17, 15) is 0 Å². The fourth-order valence-electron chi connectivity index (χ4n) is 1.62. The number of benzene rings is 1. The van der Waals surface area contributed by atoms with Gasteiger partial charge in [0.25, 0.3) is 0 Å². The summed E-state index contributed by atoms with van der Waals surface area (Å²) in [5.41, 5.74) is 2.56. The fourth-order valence-corrected chi connectivity index (χ4v) is 2.77. The van der Waals surface area contributed by atoms with Gasteiger partial charge in [-0.1, -0.05) is 6.07 Å². The highest BCUT2D eigenvalue weighted by atomic mass is 79.9. The Kier molecular flexibility index (Phi) is 6.38. The highest BCUT2D eigenvalue weighted by Crippen LogP contribution is 2.28. The molecule has 0 amide bonds. The van der Waals surface area contributed by atoms with Gasteiger partial charge in [-0.25, -0.2) is 0 Å². The van der Waals surface area contributed by atoms with Gasteiger partial charge >= 0.3 is 0 Å². The second-order valence-electron chi connectivity index (χ2n) is 4.14. The molecule has 0 aliphatic heterocycles. The monoisotopic (exact) mass is 316 g/mol. The van der Waals surface area contributed by atoms with E-state index in [4.69, 9.17) is 0 Å². The van der Waals surface area contributed by atoms with Crippen LogP contribution < -0.4 is 10.2 Å². The molecule has 2 nitrogen and oxygen atoms in total. The van der Waals surface area contributed by atoms with E-state index in [0.29, 0.717) is 6.04 Å². The van der Waals surface area contributed by atoms with Crippen LogP contribution in [0.3, 0.4) is 0 Å². The molecule has 4 heteroatoms. The molecule has 0 aliphatic carbocycles. The Balaban J connectivity index is 2.82. The Morgan fingerprint density at radius 1 is 1.47 bits per heavy atom. The predicted octanol–water partition coefficient (Wildman–Crippen LogP) is 3.53. The lowest BCUT2D eigenvalue weighted by molar-refractivity contribution is 0.652. The predicted molar refractivity (Wildman–Crippen MR) is 83.3 cm³/mol. The molecule has 1 aromatic rings. The van der Waals surface area contributed by atoms with E-state index in [2.05, 4.69) is 64.6 Å². The highest BCUT2D eigenvalue weighted by molar-refractivity contribution is 9.10. The lowest BCUT2D eigenvalue weighted by Gasteiger charge is -2.21. The van der Waals surface area contributed by atoms with Crippen LogP contribution in [0.1, 0.15) is 18.5 Å². The van der Waals surface area contributed by atoms with Crippen molar-refractivity contribution in [2.24, 2.45) is 0 Å². The number of rotatable bonds is 6. The van der Waals surface area contributed by atoms with Gasteiger partial charge in [-0.2, -0.15) is 11.8 Å². The third-order valence-corrected chi connectivity index (χ3v) is 4.17. The van der Waals surface area contributed by atoms with Crippen LogP contribution in [0.5, 0.6) is 0 Å². The topological polar surface area (TPSA) is 15.3 Å². The maximum Gasteiger partial charge on any atom is 0.0508 e. The first-order valence-corrected chi connectivity index (χ1v) is 7.95. The molecule has 1 aromatic carbocycles. The van der Waals surface area contributed by atoms with Crippen molar-refractivity contribution < 1.29 is 0 Å². The fraction of sp³-hybridized carbons (Fsp3) is 0.538. The van der Waals surface area contributed by atoms with Crippen molar-refractivity contribution in [3.63, 3.8) is 0 Å². The summed E-state index contributed by atoms with van der Waals surface area (Å²) < 4.78 is 1.17. The van der Waals surface area contributed by atoms with E-state index in [1.54, 1.807) is 0 Å². The SMILES string of the molecule is CNC(C)c1ccc(N(C)CCSC)c(Br)c1. The van der Waals surface area contributed by atoms with E-state index < -0.39 is 0 Å². The number of nitrogens with one attached hydrogen (secondary N) is 1. The van der Waals surface area contributed by atoms with Gasteiger partial charge in [-0.15, -0.1) is 0 Å². The quantitative estimate of drug-likeness (QED) is 0.864. The van der Waals surface area contributed by atoms with Crippen LogP contribution in [0.15, 0.2) is 22.7 Å². The highest BCUT2D eigenvalue weighted by Gasteiger charge is 2.09. The van der Waals surface area contributed by atoms with Crippen LogP contribution in [0.25, 0.3) is 0 Å². The molecule has 17 heavy (non-hydrogen) atoms. The van der Waals surface area contributed by atoms with E-state index >= 15 is 0 Å². The average molecular weight is 317 g/mol. The summed E-state index contributed by atoms with van der Waals surface area (Å²) in [6.07, 6.45) is 2.14. The molecule has 0 aromatic heterocycles. The van der Waals surface area contributed by atoms with Crippen LogP contribution in [0.4, 0.5) is 5.69 Å². The molecule has 0 heterocycles. The van der Waals surface area contributed by atoms with Crippen molar-refractivity contribution in [3.05, 3.63) is 28.2 Å². The molecule has 1 atom stereocenters. The first kappa shape index (κ1) is 14.9. The first-order chi connectivity index (χ1) is 8.10. The van der Waals surface area contributed by atoms with Gasteiger partial charge in [-0.05, 0) is 53.9 Å². The smallest absolute Gasteiger partial charge is 0.0508 e. The molecule has 1 N–H and O–H groups in total. The number of nitrogens with zero attached hydrogens (tertiary/aromatic N) is 1. The van der Waals surface area contributed by atoms with Crippen molar-refractivity contribution in [1.82, 2.24) is 5.32 Å². The molecule has 0 spiro atoms. The van der Waals surface area contributed by atoms with Gasteiger partial charge in [0.1, 0.15) is 0 Å². The summed E-state index contributed by atoms with van der Waals surface area (Å²) in [5, 5.41) is 3.25. The maximum absolute atomic E-state index is 3.66. The van der Waals surface area contributed by atoms with Crippen LogP contribution >= 0.6 is 27.7 Å². The largest absolute Gasteiger partial charge is 0.373 e. The zero-order valence-electron chi connectivity index (χ0n) is 11.0. The summed E-state index contributed by atoms with van der Waals surface area (Å²) in [5.74, 6) is 1.15. The summed E-state index contributed by atoms with van der Waals surface area (Å²) in [6.45, 7) is 3.24. The van der Waals surface area contributed by atoms with E-state index in [0.717, 1.165) is 12.3 Å². The Morgan fingerprint density at radius 3 is 2.71 bits per heavy atom. The van der Waals surface area contributed by atoms with Crippen molar-refractivity contribution >= 4 is 33.4 Å². The third-order valence-electron chi connectivity index (χ3n) is 2.95. The number of anilines is 1. The summed E-state index contributed by atoms with van der Waals surface area (Å²) in [4.78, 5) is 2.29. The molecular formula is C13H21BrN2S. The summed E-state index contributed by atoms with van der Waals surface area (Å²) in [6, 6.07) is 6.97. The standard InChI is InChI=1S/C13H21BrN2S/c1-10(15-2)11-5-6-13(12(14)9-11)16(3)7-8-17-4/h5-6,9-10,15H,7-8H2,1-4H3. The minimum atomic E-state index is 0.386. The van der Waals surface area contributed by atoms with Crippen molar-refractivity contribution in [3.8, 4) is 0 Å². The van der Waals surface area contributed by atoms with E-state index in [1.807, 2.05) is 18.8 Å². The number of halogens is 1. The molecule has 0 bridgehead atoms. The summed E-state index contributed by atoms with van der Waals surface area (Å²) in [7, 11) is 4.12. The lowest BCUT2D eigenvalue weighted by atomic mass is 10.1. The maximum atomic E-state index is 3.66. The Morgan fingerprint density at radius 2 is 2.18 bits per heavy atom. The van der Waals surface area contributed by atoms with Crippen molar-refractivity contribution in [2.45, 2.75) is 13.0 Å². The van der Waals surface area contributed by atoms with Crippen molar-refractivity contribution in [2.75, 3.05) is 37.5 Å². The first-order valence-electron chi connectivity index (χ1n) is 5.77. The van der Waals surface area contributed by atoms with E-state index in [1.165, 1.54) is 15.7 Å². The average Bonchev–Trinajstić information content (AvgIpc) is 2.34. The van der Waals surface area contributed by atoms with Gasteiger partial charge < -0.3 is 10.2 Å². The Bertz CT molecular complexity index is 357. The molecule has 0 aliphatic rings. The second kappa shape index (κ2) is 7.29. The Hall–Kier alpha value is -0.190. The van der Waals surface area contributed by atoms with Gasteiger partial charge in [0.15, 0.2) is 0 Å². The zero-order chi connectivity index (χ0) is 12.8. The van der Waals surface area contributed by atoms with Crippen molar-refractivity contribution in [1.29, 1.82) is 0 Å². The molecule has 1 rings (SSSR count). The minimum absolute atomic E-state index is 0.386. The van der Waals surface area contributed by atoms with Gasteiger partial charge in [0.2, 0.25) is 0 Å². The molecule has 0 saturated carbocycles. The molecule has 96 valence electrons. The summed E-state index contributed by atoms with van der Waals surface area (Å²) >= 11 is 5.54. The molecule has 1 unspecified atom stereocenters. The van der Waals surface area contributed by atoms with E-state index in [-0.39, 0.29) is 0 Å². The van der Waals surface area contributed by atoms with Crippen LogP contribution in [-0.4, -0.2) is 32.6 Å².